The lowest BCUT2D eigenvalue weighted by Crippen LogP contribution is -2.58. The SMILES string of the molecule is Cc1cc(F)ccc1C[N+]1(C)C(=O)c2[nH]cnc2N=C1N.Cl. The summed E-state index contributed by atoms with van der Waals surface area (Å²) in [6, 6.07) is 4.47. The van der Waals surface area contributed by atoms with E-state index in [1.54, 1.807) is 20.0 Å². The number of hydrogen-bond donors (Lipinski definition) is 2. The van der Waals surface area contributed by atoms with Gasteiger partial charge in [-0.15, -0.1) is 12.4 Å². The number of H-pyrrole nitrogens is 1. The zero-order valence-electron chi connectivity index (χ0n) is 12.1. The number of amides is 1. The Bertz CT molecular complexity index is 772. The van der Waals surface area contributed by atoms with E-state index in [-0.39, 0.29) is 34.6 Å². The third-order valence-electron chi connectivity index (χ3n) is 3.80. The molecule has 0 fully saturated rings. The second-order valence-electron chi connectivity index (χ2n) is 5.30. The summed E-state index contributed by atoms with van der Waals surface area (Å²) in [7, 11) is 1.69. The van der Waals surface area contributed by atoms with Crippen molar-refractivity contribution < 1.29 is 13.7 Å². The van der Waals surface area contributed by atoms with Crippen LogP contribution in [0.1, 0.15) is 21.6 Å². The molecule has 22 heavy (non-hydrogen) atoms. The summed E-state index contributed by atoms with van der Waals surface area (Å²) in [5.74, 6) is -0.0349. The lowest BCUT2D eigenvalue weighted by Gasteiger charge is -2.31. The molecular formula is C14H16ClFN5O+. The zero-order chi connectivity index (χ0) is 15.2. The van der Waals surface area contributed by atoms with Crippen LogP contribution in [0.5, 0.6) is 0 Å². The number of hydrogen-bond acceptors (Lipinski definition) is 4. The normalized spacial score (nSPS) is 20.1. The van der Waals surface area contributed by atoms with Gasteiger partial charge in [-0.2, -0.15) is 9.48 Å². The number of rotatable bonds is 2. The summed E-state index contributed by atoms with van der Waals surface area (Å²) in [6.45, 7) is 2.10. The minimum Gasteiger partial charge on any atom is -0.337 e. The zero-order valence-corrected chi connectivity index (χ0v) is 12.9. The molecule has 2 heterocycles. The minimum absolute atomic E-state index is 0. The topological polar surface area (TPSA) is 84.1 Å². The van der Waals surface area contributed by atoms with Gasteiger partial charge in [0.05, 0.1) is 13.4 Å². The van der Waals surface area contributed by atoms with Crippen LogP contribution in [0.15, 0.2) is 29.5 Å². The van der Waals surface area contributed by atoms with Gasteiger partial charge in [0.1, 0.15) is 12.4 Å². The van der Waals surface area contributed by atoms with E-state index >= 15 is 0 Å². The molecule has 1 aromatic carbocycles. The van der Waals surface area contributed by atoms with E-state index in [1.165, 1.54) is 18.5 Å². The largest absolute Gasteiger partial charge is 0.373 e. The number of fused-ring (bicyclic) bond motifs is 1. The number of carbonyl (C=O) groups excluding carboxylic acids is 1. The van der Waals surface area contributed by atoms with Gasteiger partial charge < -0.3 is 10.7 Å². The number of halogens is 2. The molecular weight excluding hydrogens is 309 g/mol. The quantitative estimate of drug-likeness (QED) is 0.829. The lowest BCUT2D eigenvalue weighted by atomic mass is 10.1. The molecule has 1 aliphatic rings. The Kier molecular flexibility index (Phi) is 4.04. The van der Waals surface area contributed by atoms with Gasteiger partial charge >= 0.3 is 11.9 Å². The number of aryl methyl sites for hydroxylation is 1. The summed E-state index contributed by atoms with van der Waals surface area (Å²) >= 11 is 0. The van der Waals surface area contributed by atoms with Crippen LogP contribution < -0.4 is 5.73 Å². The molecule has 0 saturated heterocycles. The van der Waals surface area contributed by atoms with E-state index in [0.717, 1.165) is 11.1 Å². The number of aromatic amines is 1. The Morgan fingerprint density at radius 3 is 2.82 bits per heavy atom. The Morgan fingerprint density at radius 2 is 2.14 bits per heavy atom. The molecule has 0 aliphatic carbocycles. The third-order valence-corrected chi connectivity index (χ3v) is 3.80. The molecule has 1 aliphatic heterocycles. The van der Waals surface area contributed by atoms with Gasteiger partial charge in [0, 0.05) is 5.56 Å². The number of benzene rings is 1. The minimum atomic E-state index is -0.304. The first kappa shape index (κ1) is 16.1. The number of nitrogens with zero attached hydrogens (tertiary/aromatic N) is 3. The van der Waals surface area contributed by atoms with E-state index in [9.17, 15) is 9.18 Å². The van der Waals surface area contributed by atoms with Crippen LogP contribution in [0, 0.1) is 12.7 Å². The maximum atomic E-state index is 13.2. The van der Waals surface area contributed by atoms with E-state index in [1.807, 2.05) is 0 Å². The van der Waals surface area contributed by atoms with Crippen LogP contribution in [0.25, 0.3) is 0 Å². The summed E-state index contributed by atoms with van der Waals surface area (Å²) < 4.78 is 13.0. The number of guanidine groups is 1. The van der Waals surface area contributed by atoms with Crippen LogP contribution in [0.2, 0.25) is 0 Å². The van der Waals surface area contributed by atoms with Crippen molar-refractivity contribution in [2.45, 2.75) is 13.5 Å². The fourth-order valence-corrected chi connectivity index (χ4v) is 2.43. The summed E-state index contributed by atoms with van der Waals surface area (Å²) in [4.78, 5) is 23.6. The van der Waals surface area contributed by atoms with Crippen molar-refractivity contribution in [3.8, 4) is 0 Å². The number of aromatic nitrogens is 2. The first-order valence-corrected chi connectivity index (χ1v) is 6.45. The van der Waals surface area contributed by atoms with Crippen molar-refractivity contribution in [3.63, 3.8) is 0 Å². The highest BCUT2D eigenvalue weighted by molar-refractivity contribution is 6.01. The van der Waals surface area contributed by atoms with Crippen molar-refractivity contribution in [1.29, 1.82) is 0 Å². The number of carbonyl (C=O) groups is 1. The van der Waals surface area contributed by atoms with Gasteiger partial charge in [-0.05, 0) is 24.6 Å². The number of quaternary nitrogens is 1. The molecule has 3 N–H and O–H groups in total. The lowest BCUT2D eigenvalue weighted by molar-refractivity contribution is -0.751. The van der Waals surface area contributed by atoms with Crippen LogP contribution in [0.3, 0.4) is 0 Å². The molecule has 8 heteroatoms. The number of nitrogens with one attached hydrogen (secondary N) is 1. The fourth-order valence-electron chi connectivity index (χ4n) is 2.43. The first-order valence-electron chi connectivity index (χ1n) is 6.45. The third kappa shape index (κ3) is 2.38. The van der Waals surface area contributed by atoms with E-state index < -0.39 is 0 Å². The average Bonchev–Trinajstić information content (AvgIpc) is 2.88. The smallest absolute Gasteiger partial charge is 0.337 e. The van der Waals surface area contributed by atoms with Crippen molar-refractivity contribution in [2.75, 3.05) is 7.05 Å². The highest BCUT2D eigenvalue weighted by atomic mass is 35.5. The second kappa shape index (κ2) is 5.51. The summed E-state index contributed by atoms with van der Waals surface area (Å²) in [5.41, 5.74) is 7.93. The molecule has 0 radical (unpaired) electrons. The van der Waals surface area contributed by atoms with E-state index in [0.29, 0.717) is 18.1 Å². The molecule has 0 bridgehead atoms. The average molecular weight is 325 g/mol. The maximum Gasteiger partial charge on any atom is 0.373 e. The molecule has 3 rings (SSSR count). The molecule has 0 spiro atoms. The van der Waals surface area contributed by atoms with Crippen molar-refractivity contribution >= 4 is 30.1 Å². The van der Waals surface area contributed by atoms with Gasteiger partial charge in [0.25, 0.3) is 0 Å². The molecule has 1 unspecified atom stereocenters. The van der Waals surface area contributed by atoms with Gasteiger partial charge in [0.15, 0.2) is 11.5 Å². The number of imidazole rings is 1. The summed E-state index contributed by atoms with van der Waals surface area (Å²) in [6.07, 6.45) is 1.41. The van der Waals surface area contributed by atoms with E-state index in [2.05, 4.69) is 15.0 Å². The monoisotopic (exact) mass is 324 g/mol. The van der Waals surface area contributed by atoms with Crippen molar-refractivity contribution in [2.24, 2.45) is 10.7 Å². The predicted octanol–water partition coefficient (Wildman–Crippen LogP) is 2.03. The second-order valence-corrected chi connectivity index (χ2v) is 5.30. The molecule has 116 valence electrons. The van der Waals surface area contributed by atoms with E-state index in [4.69, 9.17) is 5.73 Å². The maximum absolute atomic E-state index is 13.2. The Hall–Kier alpha value is -2.25. The first-order chi connectivity index (χ1) is 9.91. The van der Waals surface area contributed by atoms with Gasteiger partial charge in [-0.3, -0.25) is 0 Å². The molecule has 1 amide bonds. The molecule has 1 aromatic heterocycles. The molecule has 2 aromatic rings. The van der Waals surface area contributed by atoms with Crippen LogP contribution >= 0.6 is 12.4 Å². The van der Waals surface area contributed by atoms with Crippen LogP contribution in [0.4, 0.5) is 10.2 Å². The number of nitrogens with two attached hydrogens (primary N) is 1. The fraction of sp³-hybridized carbons (Fsp3) is 0.214. The van der Waals surface area contributed by atoms with Gasteiger partial charge in [0.2, 0.25) is 0 Å². The Labute approximate surface area is 132 Å². The predicted molar refractivity (Wildman–Crippen MR) is 82.5 cm³/mol. The van der Waals surface area contributed by atoms with Gasteiger partial charge in [-0.25, -0.2) is 14.2 Å². The molecule has 1 atom stereocenters. The van der Waals surface area contributed by atoms with Gasteiger partial charge in [-0.1, -0.05) is 6.07 Å². The molecule has 0 saturated carbocycles. The van der Waals surface area contributed by atoms with Crippen molar-refractivity contribution in [1.82, 2.24) is 9.97 Å². The molecule has 6 nitrogen and oxygen atoms in total. The standard InChI is InChI=1S/C14H14FN5O.ClH/c1-8-5-10(15)4-3-9(8)6-20(2)13(21)11-12(18-7-17-11)19-14(20)16;/h3-5,7H,6H2,1-2H3,(H2-,16,17,18,19,21);1H/p+1. The van der Waals surface area contributed by atoms with Crippen LogP contribution in [-0.2, 0) is 6.54 Å². The van der Waals surface area contributed by atoms with Crippen molar-refractivity contribution in [3.05, 3.63) is 47.2 Å². The Balaban J connectivity index is 0.00000176. The number of aliphatic imine (C=N–C) groups is 1. The summed E-state index contributed by atoms with van der Waals surface area (Å²) in [5, 5.41) is 0. The van der Waals surface area contributed by atoms with Crippen LogP contribution in [-0.4, -0.2) is 33.4 Å². The Morgan fingerprint density at radius 1 is 1.41 bits per heavy atom. The highest BCUT2D eigenvalue weighted by Gasteiger charge is 2.44. The highest BCUT2D eigenvalue weighted by Crippen LogP contribution is 2.28.